The van der Waals surface area contributed by atoms with Gasteiger partial charge < -0.3 is 15.2 Å². The summed E-state index contributed by atoms with van der Waals surface area (Å²) in [5, 5.41) is 13.0. The van der Waals surface area contributed by atoms with Gasteiger partial charge in [-0.05, 0) is 27.2 Å². The highest BCUT2D eigenvalue weighted by atomic mass is 16.6. The number of ether oxygens (including phenoxy) is 1. The Labute approximate surface area is 104 Å². The van der Waals surface area contributed by atoms with Gasteiger partial charge in [0.2, 0.25) is 0 Å². The number of nitroso groups, excluding NO2 is 1. The number of hydrogen-bond acceptors (Lipinski definition) is 5. The molecule has 18 heavy (non-hydrogen) atoms. The third-order valence-corrected chi connectivity index (χ3v) is 1.74. The Bertz CT molecular complexity index is 347. The third-order valence-electron chi connectivity index (χ3n) is 1.74. The minimum absolute atomic E-state index is 0.223. The molecule has 0 aromatic heterocycles. The summed E-state index contributed by atoms with van der Waals surface area (Å²) >= 11 is 0. The first-order valence-corrected chi connectivity index (χ1v) is 5.24. The van der Waals surface area contributed by atoms with Crippen LogP contribution in [-0.4, -0.2) is 34.7 Å². The van der Waals surface area contributed by atoms with E-state index in [4.69, 9.17) is 9.84 Å². The highest BCUT2D eigenvalue weighted by Gasteiger charge is 2.24. The van der Waals surface area contributed by atoms with Crippen LogP contribution in [0.15, 0.2) is 5.18 Å². The van der Waals surface area contributed by atoms with Crippen molar-refractivity contribution in [3.05, 3.63) is 4.91 Å². The lowest BCUT2D eigenvalue weighted by molar-refractivity contribution is -0.139. The third kappa shape index (κ3) is 7.31. The zero-order valence-electron chi connectivity index (χ0n) is 10.4. The predicted octanol–water partition coefficient (Wildman–Crippen LogP) is 1.04. The predicted molar refractivity (Wildman–Crippen MR) is 60.8 cm³/mol. The van der Waals surface area contributed by atoms with Crippen LogP contribution in [-0.2, 0) is 14.3 Å². The molecule has 2 amide bonds. The summed E-state index contributed by atoms with van der Waals surface area (Å²) in [4.78, 5) is 42.6. The SMILES string of the molecule is CC(C)(C)OC(=O)NC(CCC(=O)N=O)C(=O)O. The van der Waals surface area contributed by atoms with Crippen molar-refractivity contribution in [3.8, 4) is 0 Å². The molecule has 0 heterocycles. The van der Waals surface area contributed by atoms with E-state index >= 15 is 0 Å². The number of carbonyl (C=O) groups excluding carboxylic acids is 2. The second-order valence-electron chi connectivity index (χ2n) is 4.56. The van der Waals surface area contributed by atoms with Crippen LogP contribution >= 0.6 is 0 Å². The Morgan fingerprint density at radius 2 is 1.89 bits per heavy atom. The Morgan fingerprint density at radius 3 is 2.28 bits per heavy atom. The Hall–Kier alpha value is -1.99. The molecule has 102 valence electrons. The van der Waals surface area contributed by atoms with E-state index in [9.17, 15) is 19.3 Å². The van der Waals surface area contributed by atoms with Crippen LogP contribution in [0.5, 0.6) is 0 Å². The molecular formula is C10H16N2O6. The number of alkyl carbamates (subject to hydrolysis) is 1. The van der Waals surface area contributed by atoms with Crippen molar-refractivity contribution in [3.63, 3.8) is 0 Å². The molecule has 1 atom stereocenters. The second kappa shape index (κ2) is 6.67. The van der Waals surface area contributed by atoms with Gasteiger partial charge in [0.25, 0.3) is 5.91 Å². The summed E-state index contributed by atoms with van der Waals surface area (Å²) in [6.07, 6.45) is -1.48. The lowest BCUT2D eigenvalue weighted by atomic mass is 10.1. The monoisotopic (exact) mass is 260 g/mol. The van der Waals surface area contributed by atoms with Crippen molar-refractivity contribution in [2.75, 3.05) is 0 Å². The van der Waals surface area contributed by atoms with Gasteiger partial charge in [-0.3, -0.25) is 4.79 Å². The summed E-state index contributed by atoms with van der Waals surface area (Å²) in [5.41, 5.74) is -0.757. The summed E-state index contributed by atoms with van der Waals surface area (Å²) in [6, 6.07) is -1.30. The topological polar surface area (TPSA) is 122 Å². The summed E-state index contributed by atoms with van der Waals surface area (Å²) < 4.78 is 4.87. The largest absolute Gasteiger partial charge is 0.480 e. The highest BCUT2D eigenvalue weighted by molar-refractivity contribution is 5.82. The molecule has 8 nitrogen and oxygen atoms in total. The number of aliphatic carboxylic acids is 1. The van der Waals surface area contributed by atoms with Gasteiger partial charge in [0.1, 0.15) is 11.6 Å². The summed E-state index contributed by atoms with van der Waals surface area (Å²) in [6.45, 7) is 4.88. The summed E-state index contributed by atoms with van der Waals surface area (Å²) in [5.74, 6) is -2.29. The van der Waals surface area contributed by atoms with E-state index in [2.05, 4.69) is 10.5 Å². The standard InChI is InChI=1S/C10H16N2O6/c1-10(2,3)18-9(16)11-6(8(14)15)4-5-7(13)12-17/h6H,4-5H2,1-3H3,(H,11,16)(H,14,15). The minimum Gasteiger partial charge on any atom is -0.480 e. The minimum atomic E-state index is -1.32. The number of rotatable bonds is 5. The zero-order valence-corrected chi connectivity index (χ0v) is 10.4. The van der Waals surface area contributed by atoms with Crippen LogP contribution < -0.4 is 5.32 Å². The van der Waals surface area contributed by atoms with Crippen molar-refractivity contribution >= 4 is 18.0 Å². The average molecular weight is 260 g/mol. The molecule has 0 saturated heterocycles. The molecule has 0 aliphatic carbocycles. The number of carboxylic acids is 1. The van der Waals surface area contributed by atoms with Crippen molar-refractivity contribution in [1.82, 2.24) is 5.32 Å². The van der Waals surface area contributed by atoms with E-state index in [1.807, 2.05) is 0 Å². The maximum Gasteiger partial charge on any atom is 0.408 e. The Balaban J connectivity index is 4.36. The first-order chi connectivity index (χ1) is 8.15. The smallest absolute Gasteiger partial charge is 0.408 e. The fraction of sp³-hybridized carbons (Fsp3) is 0.700. The first kappa shape index (κ1) is 16.0. The van der Waals surface area contributed by atoms with E-state index in [0.717, 1.165) is 0 Å². The van der Waals surface area contributed by atoms with Gasteiger partial charge in [-0.1, -0.05) is 0 Å². The number of hydrogen-bond donors (Lipinski definition) is 2. The van der Waals surface area contributed by atoms with Gasteiger partial charge >= 0.3 is 12.1 Å². The number of amides is 2. The van der Waals surface area contributed by atoms with Crippen molar-refractivity contribution in [2.24, 2.45) is 5.18 Å². The van der Waals surface area contributed by atoms with Crippen molar-refractivity contribution in [2.45, 2.75) is 45.3 Å². The first-order valence-electron chi connectivity index (χ1n) is 5.24. The number of carbonyl (C=O) groups is 3. The molecule has 0 rings (SSSR count). The molecule has 0 saturated carbocycles. The maximum absolute atomic E-state index is 11.3. The van der Waals surface area contributed by atoms with Crippen molar-refractivity contribution < 1.29 is 24.2 Å². The molecule has 2 N–H and O–H groups in total. The number of nitrogens with one attached hydrogen (secondary N) is 1. The molecule has 0 aliphatic heterocycles. The van der Waals surface area contributed by atoms with E-state index in [0.29, 0.717) is 0 Å². The normalized spacial score (nSPS) is 12.4. The Kier molecular flexibility index (Phi) is 5.94. The van der Waals surface area contributed by atoms with Crippen LogP contribution in [0.25, 0.3) is 0 Å². The molecule has 0 aliphatic rings. The molecule has 1 unspecified atom stereocenters. The van der Waals surface area contributed by atoms with Crippen molar-refractivity contribution in [1.29, 1.82) is 0 Å². The number of nitrogens with zero attached hydrogens (tertiary/aromatic N) is 1. The maximum atomic E-state index is 11.3. The van der Waals surface area contributed by atoms with E-state index < -0.39 is 29.6 Å². The van der Waals surface area contributed by atoms with E-state index in [1.165, 1.54) is 0 Å². The quantitative estimate of drug-likeness (QED) is 0.712. The van der Waals surface area contributed by atoms with Crippen LogP contribution in [0.4, 0.5) is 4.79 Å². The van der Waals surface area contributed by atoms with E-state index in [1.54, 1.807) is 20.8 Å². The zero-order chi connectivity index (χ0) is 14.3. The van der Waals surface area contributed by atoms with Crippen LogP contribution in [0, 0.1) is 4.91 Å². The molecule has 0 bridgehead atoms. The Morgan fingerprint density at radius 1 is 1.33 bits per heavy atom. The summed E-state index contributed by atoms with van der Waals surface area (Å²) in [7, 11) is 0. The van der Waals surface area contributed by atoms with Crippen LogP contribution in [0.1, 0.15) is 33.6 Å². The van der Waals surface area contributed by atoms with Crippen LogP contribution in [0.3, 0.4) is 0 Å². The average Bonchev–Trinajstić information content (AvgIpc) is 2.20. The van der Waals surface area contributed by atoms with Gasteiger partial charge in [-0.15, -0.1) is 4.91 Å². The fourth-order valence-corrected chi connectivity index (χ4v) is 1.02. The van der Waals surface area contributed by atoms with Gasteiger partial charge in [0, 0.05) is 11.6 Å². The molecular weight excluding hydrogens is 244 g/mol. The van der Waals surface area contributed by atoms with Gasteiger partial charge in [0.15, 0.2) is 0 Å². The molecule has 0 aromatic carbocycles. The molecule has 0 aromatic rings. The van der Waals surface area contributed by atoms with Gasteiger partial charge in [0.05, 0.1) is 0 Å². The van der Waals surface area contributed by atoms with Gasteiger partial charge in [-0.25, -0.2) is 9.59 Å². The second-order valence-corrected chi connectivity index (χ2v) is 4.56. The molecule has 0 radical (unpaired) electrons. The van der Waals surface area contributed by atoms with Crippen LogP contribution in [0.2, 0.25) is 0 Å². The van der Waals surface area contributed by atoms with E-state index in [-0.39, 0.29) is 12.8 Å². The number of carboxylic acid groups (broad SMARTS) is 1. The van der Waals surface area contributed by atoms with Gasteiger partial charge in [-0.2, -0.15) is 0 Å². The lowest BCUT2D eigenvalue weighted by Gasteiger charge is -2.21. The lowest BCUT2D eigenvalue weighted by Crippen LogP contribution is -2.43. The highest BCUT2D eigenvalue weighted by Crippen LogP contribution is 2.08. The fourth-order valence-electron chi connectivity index (χ4n) is 1.02. The molecule has 8 heteroatoms. The molecule has 0 spiro atoms. The molecule has 0 fully saturated rings.